The minimum Gasteiger partial charge on any atom is -0.462 e. The highest BCUT2D eigenvalue weighted by atomic mass is 16.5. The van der Waals surface area contributed by atoms with E-state index < -0.39 is 5.97 Å². The molecule has 0 spiro atoms. The van der Waals surface area contributed by atoms with Crippen molar-refractivity contribution < 1.29 is 14.3 Å². The fraction of sp³-hybridized carbons (Fsp3) is 0.211. The number of ether oxygens (including phenoxy) is 1. The van der Waals surface area contributed by atoms with E-state index in [9.17, 15) is 9.59 Å². The molecule has 0 fully saturated rings. The molecule has 2 aromatic carbocycles. The van der Waals surface area contributed by atoms with Gasteiger partial charge in [0.1, 0.15) is 6.07 Å². The molecular formula is C19H19N3O3. The summed E-state index contributed by atoms with van der Waals surface area (Å²) < 4.78 is 5.01. The number of nitrogens with zero attached hydrogens (tertiary/aromatic N) is 1. The van der Waals surface area contributed by atoms with E-state index in [1.54, 1.807) is 55.5 Å². The molecule has 0 saturated carbocycles. The van der Waals surface area contributed by atoms with Crippen LogP contribution in [-0.2, 0) is 9.53 Å². The van der Waals surface area contributed by atoms with Gasteiger partial charge in [0.15, 0.2) is 0 Å². The van der Waals surface area contributed by atoms with Crippen LogP contribution in [-0.4, -0.2) is 25.0 Å². The van der Waals surface area contributed by atoms with Gasteiger partial charge in [-0.3, -0.25) is 4.79 Å². The fourth-order valence-corrected chi connectivity index (χ4v) is 2.24. The summed E-state index contributed by atoms with van der Waals surface area (Å²) in [5.41, 5.74) is 1.95. The molecule has 128 valence electrons. The molecule has 0 aliphatic rings. The number of nitrogens with one attached hydrogen (secondary N) is 2. The van der Waals surface area contributed by atoms with E-state index in [-0.39, 0.29) is 12.3 Å². The topological polar surface area (TPSA) is 91.2 Å². The first-order valence-corrected chi connectivity index (χ1v) is 7.94. The third-order valence-electron chi connectivity index (χ3n) is 3.41. The van der Waals surface area contributed by atoms with Crippen LogP contribution < -0.4 is 10.6 Å². The zero-order valence-corrected chi connectivity index (χ0v) is 13.9. The molecule has 6 nitrogen and oxygen atoms in total. The van der Waals surface area contributed by atoms with E-state index >= 15 is 0 Å². The van der Waals surface area contributed by atoms with Crippen LogP contribution in [0.5, 0.6) is 0 Å². The quantitative estimate of drug-likeness (QED) is 0.757. The second-order valence-electron chi connectivity index (χ2n) is 5.15. The minimum absolute atomic E-state index is 0.191. The van der Waals surface area contributed by atoms with Crippen molar-refractivity contribution in [3.8, 4) is 6.07 Å². The van der Waals surface area contributed by atoms with E-state index in [1.807, 2.05) is 6.07 Å². The molecule has 0 bridgehead atoms. The molecule has 2 aromatic rings. The summed E-state index contributed by atoms with van der Waals surface area (Å²) in [5.74, 6) is -0.623. The molecular weight excluding hydrogens is 318 g/mol. The Morgan fingerprint density at radius 3 is 2.48 bits per heavy atom. The number of benzene rings is 2. The van der Waals surface area contributed by atoms with Gasteiger partial charge in [-0.25, -0.2) is 4.79 Å². The lowest BCUT2D eigenvalue weighted by molar-refractivity contribution is -0.115. The second-order valence-corrected chi connectivity index (χ2v) is 5.15. The molecule has 6 heteroatoms. The van der Waals surface area contributed by atoms with Crippen molar-refractivity contribution in [3.63, 3.8) is 0 Å². The largest absolute Gasteiger partial charge is 0.462 e. The monoisotopic (exact) mass is 337 g/mol. The molecule has 2 N–H and O–H groups in total. The number of hydrogen-bond donors (Lipinski definition) is 2. The lowest BCUT2D eigenvalue weighted by Crippen LogP contribution is -2.18. The summed E-state index contributed by atoms with van der Waals surface area (Å²) in [6.45, 7) is 2.39. The van der Waals surface area contributed by atoms with Gasteiger partial charge in [-0.1, -0.05) is 24.3 Å². The van der Waals surface area contributed by atoms with Gasteiger partial charge in [-0.2, -0.15) is 5.26 Å². The predicted molar refractivity (Wildman–Crippen MR) is 95.3 cm³/mol. The number of carbonyl (C=O) groups is 2. The van der Waals surface area contributed by atoms with E-state index in [4.69, 9.17) is 10.00 Å². The molecule has 0 aliphatic heterocycles. The highest BCUT2D eigenvalue weighted by molar-refractivity contribution is 5.96. The maximum atomic E-state index is 12.0. The summed E-state index contributed by atoms with van der Waals surface area (Å²) >= 11 is 0. The minimum atomic E-state index is -0.405. The van der Waals surface area contributed by atoms with Crippen molar-refractivity contribution in [1.29, 1.82) is 5.26 Å². The SMILES string of the molecule is CCOC(=O)c1ccccc1NCCC(=O)Nc1ccccc1C#N. The first kappa shape index (κ1) is 18.0. The molecule has 1 amide bonds. The van der Waals surface area contributed by atoms with Gasteiger partial charge in [0, 0.05) is 18.7 Å². The van der Waals surface area contributed by atoms with Crippen LogP contribution in [0.3, 0.4) is 0 Å². The highest BCUT2D eigenvalue weighted by Gasteiger charge is 2.12. The second kappa shape index (κ2) is 9.08. The number of hydrogen-bond acceptors (Lipinski definition) is 5. The molecule has 0 radical (unpaired) electrons. The Balaban J connectivity index is 1.92. The zero-order chi connectivity index (χ0) is 18.1. The summed E-state index contributed by atoms with van der Waals surface area (Å²) in [7, 11) is 0. The standard InChI is InChI=1S/C19H19N3O3/c1-2-25-19(24)15-8-4-6-10-17(15)21-12-11-18(23)22-16-9-5-3-7-14(16)13-20/h3-10,21H,2,11-12H2,1H3,(H,22,23). The molecule has 0 aliphatic carbocycles. The Morgan fingerprint density at radius 2 is 1.76 bits per heavy atom. The normalized spacial score (nSPS) is 9.76. The lowest BCUT2D eigenvalue weighted by Gasteiger charge is -2.11. The van der Waals surface area contributed by atoms with Crippen molar-refractivity contribution in [1.82, 2.24) is 0 Å². The van der Waals surface area contributed by atoms with Gasteiger partial charge in [-0.15, -0.1) is 0 Å². The number of esters is 1. The molecule has 0 saturated heterocycles. The van der Waals surface area contributed by atoms with Crippen molar-refractivity contribution in [2.45, 2.75) is 13.3 Å². The van der Waals surface area contributed by atoms with E-state index in [0.717, 1.165) is 0 Å². The Morgan fingerprint density at radius 1 is 1.08 bits per heavy atom. The van der Waals surface area contributed by atoms with Crippen LogP contribution in [0.2, 0.25) is 0 Å². The van der Waals surface area contributed by atoms with Crippen molar-refractivity contribution in [2.24, 2.45) is 0 Å². The summed E-state index contributed by atoms with van der Waals surface area (Å²) in [6, 6.07) is 15.8. The molecule has 0 unspecified atom stereocenters. The average molecular weight is 337 g/mol. The summed E-state index contributed by atoms with van der Waals surface area (Å²) in [6.07, 6.45) is 0.191. The van der Waals surface area contributed by atoms with Gasteiger partial charge in [0.2, 0.25) is 5.91 Å². The first-order valence-electron chi connectivity index (χ1n) is 7.94. The number of carbonyl (C=O) groups excluding carboxylic acids is 2. The molecule has 25 heavy (non-hydrogen) atoms. The number of para-hydroxylation sites is 2. The third kappa shape index (κ3) is 5.08. The lowest BCUT2D eigenvalue weighted by atomic mass is 10.1. The zero-order valence-electron chi connectivity index (χ0n) is 13.9. The van der Waals surface area contributed by atoms with Crippen LogP contribution >= 0.6 is 0 Å². The maximum Gasteiger partial charge on any atom is 0.340 e. The summed E-state index contributed by atoms with van der Waals surface area (Å²) in [5, 5.41) is 14.8. The number of nitriles is 1. The van der Waals surface area contributed by atoms with Gasteiger partial charge in [-0.05, 0) is 31.2 Å². The first-order chi connectivity index (χ1) is 12.2. The van der Waals surface area contributed by atoms with E-state index in [2.05, 4.69) is 10.6 Å². The number of anilines is 2. The Kier molecular flexibility index (Phi) is 6.55. The van der Waals surface area contributed by atoms with Crippen LogP contribution in [0, 0.1) is 11.3 Å². The van der Waals surface area contributed by atoms with Gasteiger partial charge < -0.3 is 15.4 Å². The van der Waals surface area contributed by atoms with E-state index in [0.29, 0.717) is 35.7 Å². The van der Waals surface area contributed by atoms with Gasteiger partial charge >= 0.3 is 5.97 Å². The molecule has 0 heterocycles. The average Bonchev–Trinajstić information content (AvgIpc) is 2.63. The Bertz CT molecular complexity index is 796. The van der Waals surface area contributed by atoms with Crippen molar-refractivity contribution in [3.05, 3.63) is 59.7 Å². The van der Waals surface area contributed by atoms with Crippen molar-refractivity contribution >= 4 is 23.3 Å². The van der Waals surface area contributed by atoms with Crippen LogP contribution in [0.4, 0.5) is 11.4 Å². The Hall–Kier alpha value is -3.33. The van der Waals surface area contributed by atoms with Gasteiger partial charge in [0.25, 0.3) is 0 Å². The van der Waals surface area contributed by atoms with Crippen LogP contribution in [0.25, 0.3) is 0 Å². The molecule has 2 rings (SSSR count). The number of rotatable bonds is 7. The van der Waals surface area contributed by atoms with Crippen LogP contribution in [0.15, 0.2) is 48.5 Å². The Labute approximate surface area is 146 Å². The highest BCUT2D eigenvalue weighted by Crippen LogP contribution is 2.17. The molecule has 0 atom stereocenters. The maximum absolute atomic E-state index is 12.0. The van der Waals surface area contributed by atoms with Gasteiger partial charge in [0.05, 0.1) is 23.4 Å². The smallest absolute Gasteiger partial charge is 0.340 e. The van der Waals surface area contributed by atoms with E-state index in [1.165, 1.54) is 0 Å². The third-order valence-corrected chi connectivity index (χ3v) is 3.41. The molecule has 0 aromatic heterocycles. The predicted octanol–water partition coefficient (Wildman–Crippen LogP) is 3.18. The van der Waals surface area contributed by atoms with Crippen LogP contribution in [0.1, 0.15) is 29.3 Å². The van der Waals surface area contributed by atoms with Crippen molar-refractivity contribution in [2.75, 3.05) is 23.8 Å². The number of amides is 1. The fourth-order valence-electron chi connectivity index (χ4n) is 2.24. The summed E-state index contributed by atoms with van der Waals surface area (Å²) in [4.78, 5) is 23.9.